The molecule has 2 aliphatic heterocycles. The summed E-state index contributed by atoms with van der Waals surface area (Å²) in [5.74, 6) is 1.09. The highest BCUT2D eigenvalue weighted by Crippen LogP contribution is 2.38. The van der Waals surface area contributed by atoms with Gasteiger partial charge in [0.1, 0.15) is 12.4 Å². The van der Waals surface area contributed by atoms with Crippen molar-refractivity contribution in [2.45, 2.75) is 65.3 Å². The SMILES string of the molecule is CCCn1cc(C(=O)N2CCOc3ccccc3CCCCC3(CCN(C(C)=O)CC3)C2)cn1. The Labute approximate surface area is 203 Å². The molecule has 1 saturated heterocycles. The van der Waals surface area contributed by atoms with Crippen LogP contribution in [0.4, 0.5) is 0 Å². The molecular formula is C27H38N4O3. The van der Waals surface area contributed by atoms with E-state index in [1.807, 2.05) is 32.8 Å². The van der Waals surface area contributed by atoms with Crippen LogP contribution in [0.15, 0.2) is 36.7 Å². The Balaban J connectivity index is 1.57. The first-order chi connectivity index (χ1) is 16.5. The molecule has 1 spiro atoms. The normalized spacial score (nSPS) is 19.0. The first kappa shape index (κ1) is 24.3. The first-order valence-electron chi connectivity index (χ1n) is 12.8. The van der Waals surface area contributed by atoms with E-state index >= 15 is 0 Å². The molecule has 0 aliphatic carbocycles. The number of fused-ring (bicyclic) bond motifs is 1. The van der Waals surface area contributed by atoms with Gasteiger partial charge in [0, 0.05) is 39.3 Å². The molecule has 2 amide bonds. The van der Waals surface area contributed by atoms with Crippen LogP contribution in [0.5, 0.6) is 5.75 Å². The second-order valence-electron chi connectivity index (χ2n) is 9.89. The number of nitrogens with zero attached hydrogens (tertiary/aromatic N) is 4. The third-order valence-electron chi connectivity index (χ3n) is 7.41. The molecule has 0 bridgehead atoms. The summed E-state index contributed by atoms with van der Waals surface area (Å²) in [7, 11) is 0. The van der Waals surface area contributed by atoms with Crippen molar-refractivity contribution >= 4 is 11.8 Å². The number of ether oxygens (including phenoxy) is 1. The summed E-state index contributed by atoms with van der Waals surface area (Å²) in [4.78, 5) is 29.5. The van der Waals surface area contributed by atoms with Crippen LogP contribution in [0.25, 0.3) is 0 Å². The highest BCUT2D eigenvalue weighted by atomic mass is 16.5. The number of hydrogen-bond acceptors (Lipinski definition) is 4. The zero-order valence-electron chi connectivity index (χ0n) is 20.7. The van der Waals surface area contributed by atoms with Gasteiger partial charge < -0.3 is 14.5 Å². The summed E-state index contributed by atoms with van der Waals surface area (Å²) < 4.78 is 8.02. The molecule has 0 saturated carbocycles. The quantitative estimate of drug-likeness (QED) is 0.681. The lowest BCUT2D eigenvalue weighted by Gasteiger charge is -2.44. The third-order valence-corrected chi connectivity index (χ3v) is 7.41. The molecule has 184 valence electrons. The number of piperidine rings is 1. The van der Waals surface area contributed by atoms with Crippen LogP contribution in [0, 0.1) is 5.41 Å². The van der Waals surface area contributed by atoms with Crippen molar-refractivity contribution in [3.8, 4) is 5.75 Å². The molecule has 1 aromatic carbocycles. The van der Waals surface area contributed by atoms with E-state index < -0.39 is 0 Å². The largest absolute Gasteiger partial charge is 0.491 e. The number of para-hydroxylation sites is 1. The minimum Gasteiger partial charge on any atom is -0.491 e. The number of likely N-dealkylation sites (tertiary alicyclic amines) is 1. The maximum absolute atomic E-state index is 13.6. The predicted octanol–water partition coefficient (Wildman–Crippen LogP) is 4.17. The molecule has 2 aliphatic rings. The van der Waals surface area contributed by atoms with Gasteiger partial charge in [0.15, 0.2) is 0 Å². The smallest absolute Gasteiger partial charge is 0.257 e. The van der Waals surface area contributed by atoms with Crippen LogP contribution in [0.3, 0.4) is 0 Å². The molecule has 0 atom stereocenters. The minimum atomic E-state index is 0.0182. The summed E-state index contributed by atoms with van der Waals surface area (Å²) in [6, 6.07) is 8.25. The summed E-state index contributed by atoms with van der Waals surface area (Å²) in [6.45, 7) is 7.78. The van der Waals surface area contributed by atoms with Crippen LogP contribution < -0.4 is 4.74 Å². The molecule has 7 heteroatoms. The number of aromatic nitrogens is 2. The average Bonchev–Trinajstić information content (AvgIpc) is 3.30. The van der Waals surface area contributed by atoms with Gasteiger partial charge in [0.05, 0.1) is 18.3 Å². The maximum atomic E-state index is 13.6. The monoisotopic (exact) mass is 466 g/mol. The second kappa shape index (κ2) is 11.1. The van der Waals surface area contributed by atoms with E-state index in [0.717, 1.165) is 70.3 Å². The summed E-state index contributed by atoms with van der Waals surface area (Å²) in [6.07, 6.45) is 10.7. The molecule has 1 aromatic heterocycles. The van der Waals surface area contributed by atoms with Crippen molar-refractivity contribution in [2.24, 2.45) is 5.41 Å². The Morgan fingerprint density at radius 3 is 2.62 bits per heavy atom. The molecular weight excluding hydrogens is 428 g/mol. The summed E-state index contributed by atoms with van der Waals surface area (Å²) >= 11 is 0. The molecule has 0 unspecified atom stereocenters. The van der Waals surface area contributed by atoms with E-state index in [-0.39, 0.29) is 17.2 Å². The van der Waals surface area contributed by atoms with Gasteiger partial charge in [0.2, 0.25) is 5.91 Å². The number of aryl methyl sites for hydroxylation is 2. The van der Waals surface area contributed by atoms with Crippen LogP contribution in [0.1, 0.15) is 68.3 Å². The molecule has 0 N–H and O–H groups in total. The molecule has 34 heavy (non-hydrogen) atoms. The van der Waals surface area contributed by atoms with E-state index in [2.05, 4.69) is 24.2 Å². The second-order valence-corrected chi connectivity index (χ2v) is 9.89. The Morgan fingerprint density at radius 2 is 1.85 bits per heavy atom. The molecule has 2 aromatic rings. The van der Waals surface area contributed by atoms with Gasteiger partial charge >= 0.3 is 0 Å². The summed E-state index contributed by atoms with van der Waals surface area (Å²) in [5, 5.41) is 4.38. The number of benzene rings is 1. The van der Waals surface area contributed by atoms with E-state index in [4.69, 9.17) is 4.74 Å². The van der Waals surface area contributed by atoms with Crippen LogP contribution in [-0.4, -0.2) is 64.2 Å². The molecule has 7 nitrogen and oxygen atoms in total. The van der Waals surface area contributed by atoms with Gasteiger partial charge in [-0.05, 0) is 55.6 Å². The Bertz CT molecular complexity index is 978. The van der Waals surface area contributed by atoms with Crippen molar-refractivity contribution < 1.29 is 14.3 Å². The fourth-order valence-electron chi connectivity index (χ4n) is 5.38. The fourth-order valence-corrected chi connectivity index (χ4v) is 5.38. The van der Waals surface area contributed by atoms with Crippen LogP contribution in [-0.2, 0) is 17.8 Å². The predicted molar refractivity (Wildman–Crippen MR) is 132 cm³/mol. The number of carbonyl (C=O) groups excluding carboxylic acids is 2. The summed E-state index contributed by atoms with van der Waals surface area (Å²) in [5.41, 5.74) is 1.90. The minimum absolute atomic E-state index is 0.0182. The number of rotatable bonds is 3. The molecule has 1 fully saturated rings. The van der Waals surface area contributed by atoms with Gasteiger partial charge in [-0.1, -0.05) is 31.5 Å². The average molecular weight is 467 g/mol. The lowest BCUT2D eigenvalue weighted by molar-refractivity contribution is -0.131. The molecule has 4 rings (SSSR count). The third kappa shape index (κ3) is 5.80. The lowest BCUT2D eigenvalue weighted by Crippen LogP contribution is -2.49. The van der Waals surface area contributed by atoms with Crippen LogP contribution >= 0.6 is 0 Å². The van der Waals surface area contributed by atoms with Gasteiger partial charge in [-0.25, -0.2) is 0 Å². The van der Waals surface area contributed by atoms with Crippen molar-refractivity contribution in [2.75, 3.05) is 32.8 Å². The maximum Gasteiger partial charge on any atom is 0.257 e. The zero-order chi connectivity index (χ0) is 24.0. The van der Waals surface area contributed by atoms with Gasteiger partial charge in [-0.15, -0.1) is 0 Å². The van der Waals surface area contributed by atoms with E-state index in [9.17, 15) is 9.59 Å². The Kier molecular flexibility index (Phi) is 7.91. The Morgan fingerprint density at radius 1 is 1.06 bits per heavy atom. The van der Waals surface area contributed by atoms with E-state index in [1.165, 1.54) is 5.56 Å². The van der Waals surface area contributed by atoms with E-state index in [1.54, 1.807) is 13.1 Å². The lowest BCUT2D eigenvalue weighted by atomic mass is 9.73. The fraction of sp³-hybridized carbons (Fsp3) is 0.593. The standard InChI is InChI=1S/C27H38N4O3/c1-3-14-31-20-24(19-28-31)26(33)30-17-18-34-25-10-5-4-8-23(25)9-6-7-11-27(21-30)12-15-29(16-13-27)22(2)32/h4-5,8,10,19-20H,3,6-7,9,11-18,21H2,1-2H3. The van der Waals surface area contributed by atoms with Crippen molar-refractivity contribution in [3.63, 3.8) is 0 Å². The zero-order valence-corrected chi connectivity index (χ0v) is 20.7. The van der Waals surface area contributed by atoms with E-state index in [0.29, 0.717) is 25.3 Å². The highest BCUT2D eigenvalue weighted by molar-refractivity contribution is 5.93. The van der Waals surface area contributed by atoms with Crippen LogP contribution in [0.2, 0.25) is 0 Å². The Hall–Kier alpha value is -2.83. The molecule has 3 heterocycles. The number of hydrogen-bond donors (Lipinski definition) is 0. The highest BCUT2D eigenvalue weighted by Gasteiger charge is 2.38. The number of amides is 2. The topological polar surface area (TPSA) is 67.7 Å². The van der Waals surface area contributed by atoms with Crippen molar-refractivity contribution in [3.05, 3.63) is 47.8 Å². The van der Waals surface area contributed by atoms with Crippen molar-refractivity contribution in [1.29, 1.82) is 0 Å². The first-order valence-corrected chi connectivity index (χ1v) is 12.8. The number of carbonyl (C=O) groups is 2. The van der Waals surface area contributed by atoms with Crippen molar-refractivity contribution in [1.82, 2.24) is 19.6 Å². The van der Waals surface area contributed by atoms with Gasteiger partial charge in [0.25, 0.3) is 5.91 Å². The van der Waals surface area contributed by atoms with Gasteiger partial charge in [-0.3, -0.25) is 14.3 Å². The van der Waals surface area contributed by atoms with Gasteiger partial charge in [-0.2, -0.15) is 5.10 Å². The molecule has 0 radical (unpaired) electrons.